The maximum absolute atomic E-state index is 13.3. The molecule has 0 fully saturated rings. The van der Waals surface area contributed by atoms with E-state index in [2.05, 4.69) is 24.8 Å². The van der Waals surface area contributed by atoms with Gasteiger partial charge in [0.2, 0.25) is 0 Å². The first kappa shape index (κ1) is 61.3. The molecule has 0 heterocycles. The number of aryl methyl sites for hydroxylation is 2. The van der Waals surface area contributed by atoms with Crippen LogP contribution in [0.25, 0.3) is 32.3 Å². The Balaban J connectivity index is 1.33. The van der Waals surface area contributed by atoms with E-state index in [0.29, 0.717) is 59.7 Å². The van der Waals surface area contributed by atoms with Gasteiger partial charge in [-0.3, -0.25) is 27.3 Å². The minimum absolute atomic E-state index is 0.225. The maximum atomic E-state index is 13.3. The summed E-state index contributed by atoms with van der Waals surface area (Å²) in [4.78, 5) is -4.02. The minimum atomic E-state index is -5.80. The van der Waals surface area contributed by atoms with Crippen molar-refractivity contribution in [1.82, 2.24) is 0 Å². The number of nitrogen functional groups attached to an aromatic ring is 1. The number of anilines is 1. The number of phenols is 1. The topological polar surface area (TPSA) is 518 Å². The van der Waals surface area contributed by atoms with Crippen LogP contribution in [0, 0.1) is 13.8 Å². The number of benzene rings is 8. The molecule has 39 heteroatoms. The summed E-state index contributed by atoms with van der Waals surface area (Å²) >= 11 is 0. The zero-order chi connectivity index (χ0) is 61.5. The molecule has 8 aromatic rings. The average Bonchev–Trinajstić information content (AvgIpc) is 3.54. The first-order chi connectivity index (χ1) is 38.1. The molecule has 0 saturated heterocycles. The number of phenolic OH excluding ortho intramolecular Hbond substituents is 1. The van der Waals surface area contributed by atoms with Gasteiger partial charge in [0, 0.05) is 33.7 Å². The summed E-state index contributed by atoms with van der Waals surface area (Å²) in [7, 11) is -43.2. The summed E-state index contributed by atoms with van der Waals surface area (Å²) < 4.78 is 277. The van der Waals surface area contributed by atoms with Gasteiger partial charge in [-0.1, -0.05) is 39.7 Å². The van der Waals surface area contributed by atoms with E-state index in [1.807, 2.05) is 0 Å². The van der Waals surface area contributed by atoms with E-state index < -0.39 is 198 Å². The Morgan fingerprint density at radius 1 is 0.410 bits per heavy atom. The lowest BCUT2D eigenvalue weighted by molar-refractivity contribution is -0.0912. The van der Waals surface area contributed by atoms with Crippen LogP contribution in [0.1, 0.15) is 11.1 Å². The van der Waals surface area contributed by atoms with Gasteiger partial charge in [-0.25, -0.2) is 0 Å². The smallest absolute Gasteiger partial charge is 0.339 e. The monoisotopic (exact) mass is 1300 g/mol. The fourth-order valence-corrected chi connectivity index (χ4v) is 13.2. The third-order valence-electron chi connectivity index (χ3n) is 11.5. The standard InChI is InChI=1S/C44H33N5O26S8/c1-21-3-7-24(8-4-21)82(69,70)74-36-17-27(77(54,55)56)15-30-28(36)11-12-32(44(30)81(66,67)68)46-49-42-39(80(63,64)65)19-31-37(78(57,58)59)20-34(41(45)40(31)43(42)50)48-47-33-18-29-23(14-38(33)79(60,61)62)13-26(76(51,52)53)16-35(29)73-75-83(71,72)25-9-5-22(2)6-10-25/h3-20,50H,45H2,1-2H3,(H,51,52,53)(H,54,55,56)(H,57,58,59)(H,60,61,62)(H,63,64,65)(H,66,67,68). The van der Waals surface area contributed by atoms with Crippen LogP contribution in [0.2, 0.25) is 0 Å². The molecule has 0 aromatic heterocycles. The van der Waals surface area contributed by atoms with Gasteiger partial charge in [-0.05, 0) is 92.0 Å². The van der Waals surface area contributed by atoms with Crippen molar-refractivity contribution in [1.29, 1.82) is 0 Å². The molecule has 0 amide bonds. The van der Waals surface area contributed by atoms with Gasteiger partial charge < -0.3 is 19.9 Å². The van der Waals surface area contributed by atoms with Crippen molar-refractivity contribution in [2.75, 3.05) is 5.73 Å². The van der Waals surface area contributed by atoms with Crippen molar-refractivity contribution in [3.8, 4) is 17.2 Å². The second-order valence-electron chi connectivity index (χ2n) is 17.2. The van der Waals surface area contributed by atoms with Gasteiger partial charge >= 0.3 is 20.2 Å². The Bertz CT molecular complexity index is 5160. The molecule has 0 spiro atoms. The van der Waals surface area contributed by atoms with E-state index >= 15 is 0 Å². The lowest BCUT2D eigenvalue weighted by atomic mass is 10.0. The fourth-order valence-electron chi connectivity index (χ4n) is 7.73. The van der Waals surface area contributed by atoms with Gasteiger partial charge in [0.25, 0.3) is 60.7 Å². The molecule has 31 nitrogen and oxygen atoms in total. The summed E-state index contributed by atoms with van der Waals surface area (Å²) in [5.41, 5.74) is 1.88. The number of fused-ring (bicyclic) bond motifs is 3. The Labute approximate surface area is 468 Å². The average molecular weight is 1300 g/mol. The van der Waals surface area contributed by atoms with Crippen molar-refractivity contribution in [2.45, 2.75) is 53.0 Å². The van der Waals surface area contributed by atoms with Gasteiger partial charge in [-0.15, -0.1) is 20.5 Å². The highest BCUT2D eigenvalue weighted by Gasteiger charge is 2.32. The number of nitrogens with zero attached hydrogens (tertiary/aromatic N) is 4. The van der Waals surface area contributed by atoms with Crippen molar-refractivity contribution in [3.05, 3.63) is 120 Å². The van der Waals surface area contributed by atoms with E-state index in [-0.39, 0.29) is 6.07 Å². The number of aromatic hydroxyl groups is 1. The highest BCUT2D eigenvalue weighted by atomic mass is 32.2. The lowest BCUT2D eigenvalue weighted by Gasteiger charge is -2.15. The molecule has 0 atom stereocenters. The van der Waals surface area contributed by atoms with Crippen LogP contribution in [-0.4, -0.2) is 99.8 Å². The predicted molar refractivity (Wildman–Crippen MR) is 284 cm³/mol. The van der Waals surface area contributed by atoms with Crippen LogP contribution in [0.15, 0.2) is 169 Å². The quantitative estimate of drug-likeness (QED) is 0.0116. The SMILES string of the molecule is Cc1ccc(S(=O)(=O)OOc2cc(S(=O)(=O)O)cc3cc(S(=O)(=O)O)c(N=Nc4cc(S(=O)(=O)O)c5cc(S(=O)(=O)O)c(N=Nc6ccc7c(OS(=O)(=O)c8ccc(C)cc8)cc(S(=O)(=O)O)cc7c6S(=O)(=O)O)c(O)c5c4N)cc23)cc1. The van der Waals surface area contributed by atoms with Gasteiger partial charge in [0.1, 0.15) is 47.2 Å². The summed E-state index contributed by atoms with van der Waals surface area (Å²) in [5.74, 6) is -3.50. The molecule has 0 aliphatic rings. The first-order valence-corrected chi connectivity index (χ1v) is 33.2. The van der Waals surface area contributed by atoms with Crippen LogP contribution in [0.5, 0.6) is 17.2 Å². The molecule has 0 saturated carbocycles. The summed E-state index contributed by atoms with van der Waals surface area (Å²) in [6.45, 7) is 3.23. The zero-order valence-electron chi connectivity index (χ0n) is 40.9. The Hall–Kier alpha value is -7.74. The molecule has 83 heavy (non-hydrogen) atoms. The number of nitrogens with two attached hydrogens (primary N) is 1. The highest BCUT2D eigenvalue weighted by molar-refractivity contribution is 7.88. The molecule has 9 N–H and O–H groups in total. The Morgan fingerprint density at radius 2 is 0.916 bits per heavy atom. The van der Waals surface area contributed by atoms with E-state index in [1.165, 1.54) is 24.3 Å². The largest absolute Gasteiger partial charge is 0.505 e. The van der Waals surface area contributed by atoms with Crippen molar-refractivity contribution in [2.24, 2.45) is 20.5 Å². The van der Waals surface area contributed by atoms with Crippen LogP contribution < -0.4 is 14.8 Å². The maximum Gasteiger partial charge on any atom is 0.339 e. The molecule has 8 rings (SSSR count). The lowest BCUT2D eigenvalue weighted by Crippen LogP contribution is -2.11. The predicted octanol–water partition coefficient (Wildman–Crippen LogP) is 6.83. The second kappa shape index (κ2) is 21.2. The number of rotatable bonds is 17. The molecule has 0 aliphatic carbocycles. The number of hydrogen-bond acceptors (Lipinski definition) is 25. The van der Waals surface area contributed by atoms with E-state index in [4.69, 9.17) is 14.8 Å². The molecule has 0 aliphatic heterocycles. The molecule has 8 aromatic carbocycles. The first-order valence-electron chi connectivity index (χ1n) is 21.8. The summed E-state index contributed by atoms with van der Waals surface area (Å²) in [6, 6.07) is 15.0. The minimum Gasteiger partial charge on any atom is -0.505 e. The third kappa shape index (κ3) is 12.8. The molecule has 0 bridgehead atoms. The third-order valence-corrected chi connectivity index (χ3v) is 19.1. The fraction of sp³-hybridized carbons (Fsp3) is 0.0455. The summed E-state index contributed by atoms with van der Waals surface area (Å²) in [5, 5.41) is 21.4. The van der Waals surface area contributed by atoms with Crippen LogP contribution in [0.3, 0.4) is 0 Å². The molecule has 438 valence electrons. The van der Waals surface area contributed by atoms with Crippen molar-refractivity contribution < 1.29 is 113 Å². The molecule has 0 radical (unpaired) electrons. The molecule has 0 unspecified atom stereocenters. The van der Waals surface area contributed by atoms with Crippen LogP contribution >= 0.6 is 0 Å². The van der Waals surface area contributed by atoms with E-state index in [0.717, 1.165) is 30.3 Å². The Kier molecular flexibility index (Phi) is 15.6. The number of azo groups is 2. The van der Waals surface area contributed by atoms with Crippen molar-refractivity contribution in [3.63, 3.8) is 0 Å². The van der Waals surface area contributed by atoms with Gasteiger partial charge in [0.15, 0.2) is 17.2 Å². The van der Waals surface area contributed by atoms with Crippen LogP contribution in [0.4, 0.5) is 28.4 Å². The van der Waals surface area contributed by atoms with Crippen molar-refractivity contribution >= 4 is 142 Å². The molecular weight excluding hydrogens is 1270 g/mol. The highest BCUT2D eigenvalue weighted by Crippen LogP contribution is 2.50. The van der Waals surface area contributed by atoms with E-state index in [9.17, 15) is 99.8 Å². The van der Waals surface area contributed by atoms with Gasteiger partial charge in [-0.2, -0.15) is 67.3 Å². The summed E-state index contributed by atoms with van der Waals surface area (Å²) in [6.07, 6.45) is 0. The normalized spacial score (nSPS) is 13.4. The van der Waals surface area contributed by atoms with Gasteiger partial charge in [0.05, 0.1) is 25.8 Å². The van der Waals surface area contributed by atoms with Crippen LogP contribution in [-0.2, 0) is 85.3 Å². The zero-order valence-corrected chi connectivity index (χ0v) is 47.4. The second-order valence-corrected chi connectivity index (χ2v) is 28.6. The Morgan fingerprint density at radius 3 is 1.45 bits per heavy atom. The molecular formula is C44H33N5O26S8. The van der Waals surface area contributed by atoms with E-state index in [1.54, 1.807) is 13.8 Å². The number of hydrogen-bond donors (Lipinski definition) is 8.